The highest BCUT2D eigenvalue weighted by Gasteiger charge is 2.60. The lowest BCUT2D eigenvalue weighted by Gasteiger charge is -2.34. The van der Waals surface area contributed by atoms with Crippen molar-refractivity contribution in [2.24, 2.45) is 5.41 Å². The summed E-state index contributed by atoms with van der Waals surface area (Å²) in [5, 5.41) is 0. The quantitative estimate of drug-likeness (QED) is 0.405. The van der Waals surface area contributed by atoms with Crippen molar-refractivity contribution in [3.05, 3.63) is 70.3 Å². The van der Waals surface area contributed by atoms with Gasteiger partial charge in [-0.25, -0.2) is 0 Å². The van der Waals surface area contributed by atoms with Crippen LogP contribution in [0.25, 0.3) is 5.57 Å². The molecule has 5 heteroatoms. The average molecular weight is 477 g/mol. The molecule has 0 radical (unpaired) electrons. The second-order valence-electron chi connectivity index (χ2n) is 11.6. The number of methoxy groups -OCH3 is 2. The van der Waals surface area contributed by atoms with Crippen LogP contribution >= 0.6 is 0 Å². The second-order valence-corrected chi connectivity index (χ2v) is 11.6. The molecule has 0 bridgehead atoms. The minimum Gasteiger partial charge on any atom is -0.489 e. The van der Waals surface area contributed by atoms with Gasteiger partial charge in [-0.1, -0.05) is 84.0 Å². The Morgan fingerprint density at radius 1 is 0.914 bits per heavy atom. The van der Waals surface area contributed by atoms with Crippen LogP contribution in [0.4, 0.5) is 0 Å². The molecule has 2 aromatic rings. The van der Waals surface area contributed by atoms with Crippen molar-refractivity contribution in [1.29, 1.82) is 0 Å². The van der Waals surface area contributed by atoms with Gasteiger partial charge in [0, 0.05) is 17.0 Å². The fraction of sp³-hybridized carbons (Fsp3) is 0.467. The third-order valence-corrected chi connectivity index (χ3v) is 7.35. The molecular formula is C30H36O5. The number of rotatable bonds is 3. The number of carbonyl (C=O) groups excluding carboxylic acids is 2. The van der Waals surface area contributed by atoms with Gasteiger partial charge >= 0.3 is 11.9 Å². The van der Waals surface area contributed by atoms with Crippen LogP contribution in [-0.2, 0) is 29.9 Å². The van der Waals surface area contributed by atoms with E-state index in [1.165, 1.54) is 19.8 Å². The van der Waals surface area contributed by atoms with E-state index in [1.54, 1.807) is 0 Å². The predicted molar refractivity (Wildman–Crippen MR) is 137 cm³/mol. The molecule has 1 aliphatic heterocycles. The van der Waals surface area contributed by atoms with Crippen LogP contribution in [0, 0.1) is 5.41 Å². The molecule has 1 heterocycles. The summed E-state index contributed by atoms with van der Waals surface area (Å²) >= 11 is 0. The molecule has 0 saturated carbocycles. The number of fused-ring (bicyclic) bond motifs is 3. The lowest BCUT2D eigenvalue weighted by Crippen LogP contribution is -2.41. The van der Waals surface area contributed by atoms with Crippen molar-refractivity contribution in [2.75, 3.05) is 20.8 Å². The lowest BCUT2D eigenvalue weighted by atomic mass is 9.74. The van der Waals surface area contributed by atoms with Crippen LogP contribution in [0.15, 0.2) is 48.0 Å². The summed E-state index contributed by atoms with van der Waals surface area (Å²) < 4.78 is 17.0. The van der Waals surface area contributed by atoms with E-state index >= 15 is 0 Å². The standard InChI is InChI=1S/C30H36O5/c1-28(2,3)19-14-20-21-16-30(26(31)33-7,27(32)34-8)24(18-12-10-9-11-13-18)22(21)17-35-25(20)23(15-19)29(4,5)6/h9-15,21H,16-17H2,1-8H3. The minimum absolute atomic E-state index is 0.0843. The zero-order chi connectivity index (χ0) is 25.8. The van der Waals surface area contributed by atoms with Gasteiger partial charge in [0.1, 0.15) is 12.4 Å². The molecule has 0 spiro atoms. The second kappa shape index (κ2) is 8.54. The number of hydrogen-bond acceptors (Lipinski definition) is 5. The van der Waals surface area contributed by atoms with Crippen LogP contribution in [0.2, 0.25) is 0 Å². The highest BCUT2D eigenvalue weighted by molar-refractivity contribution is 6.14. The van der Waals surface area contributed by atoms with Gasteiger partial charge in [-0.15, -0.1) is 0 Å². The minimum atomic E-state index is -1.56. The molecule has 186 valence electrons. The van der Waals surface area contributed by atoms with Crippen LogP contribution in [0.5, 0.6) is 5.75 Å². The Morgan fingerprint density at radius 2 is 1.51 bits per heavy atom. The molecule has 1 unspecified atom stereocenters. The van der Waals surface area contributed by atoms with E-state index in [-0.39, 0.29) is 23.2 Å². The Labute approximate surface area is 208 Å². The first-order valence-electron chi connectivity index (χ1n) is 12.1. The molecule has 0 N–H and O–H groups in total. The Morgan fingerprint density at radius 3 is 2.03 bits per heavy atom. The van der Waals surface area contributed by atoms with Crippen molar-refractivity contribution >= 4 is 17.5 Å². The molecule has 2 aromatic carbocycles. The molecule has 1 atom stereocenters. The van der Waals surface area contributed by atoms with E-state index in [4.69, 9.17) is 14.2 Å². The van der Waals surface area contributed by atoms with Gasteiger partial charge in [-0.05, 0) is 39.5 Å². The van der Waals surface area contributed by atoms with Crippen molar-refractivity contribution in [2.45, 2.75) is 64.7 Å². The molecule has 35 heavy (non-hydrogen) atoms. The smallest absolute Gasteiger partial charge is 0.327 e. The highest BCUT2D eigenvalue weighted by atomic mass is 16.5. The van der Waals surface area contributed by atoms with E-state index in [0.29, 0.717) is 12.2 Å². The summed E-state index contributed by atoms with van der Waals surface area (Å²) in [5.41, 5.74) is 3.94. The summed E-state index contributed by atoms with van der Waals surface area (Å²) in [6.45, 7) is 13.4. The lowest BCUT2D eigenvalue weighted by molar-refractivity contribution is -0.164. The van der Waals surface area contributed by atoms with Crippen LogP contribution in [0.3, 0.4) is 0 Å². The SMILES string of the molecule is COC(=O)C1(C(=O)OC)CC2C(=C1c1ccccc1)COc1c2cc(C(C)(C)C)cc1C(C)(C)C. The number of carbonyl (C=O) groups is 2. The molecule has 0 amide bonds. The number of benzene rings is 2. The largest absolute Gasteiger partial charge is 0.489 e. The molecule has 0 aromatic heterocycles. The van der Waals surface area contributed by atoms with Crippen molar-refractivity contribution in [1.82, 2.24) is 0 Å². The summed E-state index contributed by atoms with van der Waals surface area (Å²) in [6.07, 6.45) is 0.249. The topological polar surface area (TPSA) is 61.8 Å². The molecular weight excluding hydrogens is 440 g/mol. The molecule has 2 aliphatic rings. The van der Waals surface area contributed by atoms with E-state index in [0.717, 1.165) is 28.0 Å². The molecule has 0 saturated heterocycles. The Kier molecular flexibility index (Phi) is 6.11. The first-order chi connectivity index (χ1) is 16.4. The average Bonchev–Trinajstić information content (AvgIpc) is 3.18. The maximum absolute atomic E-state index is 13.4. The maximum Gasteiger partial charge on any atom is 0.327 e. The third kappa shape index (κ3) is 3.95. The van der Waals surface area contributed by atoms with E-state index in [9.17, 15) is 9.59 Å². The summed E-state index contributed by atoms with van der Waals surface area (Å²) in [6, 6.07) is 14.0. The van der Waals surface area contributed by atoms with Crippen LogP contribution < -0.4 is 4.74 Å². The molecule has 0 fully saturated rings. The molecule has 5 nitrogen and oxygen atoms in total. The Bertz CT molecular complexity index is 1180. The van der Waals surface area contributed by atoms with Gasteiger partial charge in [0.05, 0.1) is 14.2 Å². The zero-order valence-corrected chi connectivity index (χ0v) is 22.1. The van der Waals surface area contributed by atoms with Crippen LogP contribution in [0.1, 0.15) is 76.1 Å². The fourth-order valence-electron chi connectivity index (χ4n) is 5.50. The Hall–Kier alpha value is -3.08. The van der Waals surface area contributed by atoms with E-state index in [1.807, 2.05) is 30.3 Å². The summed E-state index contributed by atoms with van der Waals surface area (Å²) in [4.78, 5) is 26.9. The van der Waals surface area contributed by atoms with Crippen LogP contribution in [-0.4, -0.2) is 32.8 Å². The van der Waals surface area contributed by atoms with Crippen molar-refractivity contribution in [3.8, 4) is 5.75 Å². The van der Waals surface area contributed by atoms with Crippen molar-refractivity contribution in [3.63, 3.8) is 0 Å². The summed E-state index contributed by atoms with van der Waals surface area (Å²) in [5.74, 6) is -0.517. The van der Waals surface area contributed by atoms with Crippen molar-refractivity contribution < 1.29 is 23.8 Å². The van der Waals surface area contributed by atoms with E-state index in [2.05, 4.69) is 53.7 Å². The predicted octanol–water partition coefficient (Wildman–Crippen LogP) is 5.95. The highest BCUT2D eigenvalue weighted by Crippen LogP contribution is 2.60. The molecule has 1 aliphatic carbocycles. The number of hydrogen-bond donors (Lipinski definition) is 0. The zero-order valence-electron chi connectivity index (χ0n) is 22.1. The van der Waals surface area contributed by atoms with Gasteiger partial charge < -0.3 is 14.2 Å². The summed E-state index contributed by atoms with van der Waals surface area (Å²) in [7, 11) is 2.64. The fourth-order valence-corrected chi connectivity index (χ4v) is 5.50. The van der Waals surface area contributed by atoms with E-state index < -0.39 is 17.4 Å². The molecule has 4 rings (SSSR count). The normalized spacial score (nSPS) is 18.9. The first-order valence-corrected chi connectivity index (χ1v) is 12.1. The number of ether oxygens (including phenoxy) is 3. The van der Waals surface area contributed by atoms with Gasteiger partial charge in [0.2, 0.25) is 0 Å². The van der Waals surface area contributed by atoms with Gasteiger partial charge in [0.25, 0.3) is 0 Å². The number of esters is 2. The van der Waals surface area contributed by atoms with Gasteiger partial charge in [0.15, 0.2) is 5.41 Å². The Balaban J connectivity index is 2.06. The first kappa shape index (κ1) is 25.0. The monoisotopic (exact) mass is 476 g/mol. The third-order valence-electron chi connectivity index (χ3n) is 7.35. The van der Waals surface area contributed by atoms with Gasteiger partial charge in [-0.3, -0.25) is 9.59 Å². The van der Waals surface area contributed by atoms with Gasteiger partial charge in [-0.2, -0.15) is 0 Å². The maximum atomic E-state index is 13.4.